The van der Waals surface area contributed by atoms with Crippen LogP contribution in [-0.4, -0.2) is 35.5 Å². The molecule has 1 aliphatic carbocycles. The van der Waals surface area contributed by atoms with Gasteiger partial charge in [0.05, 0.1) is 0 Å². The summed E-state index contributed by atoms with van der Waals surface area (Å²) in [5.74, 6) is -1.74. The maximum absolute atomic E-state index is 13.4. The van der Waals surface area contributed by atoms with Gasteiger partial charge in [-0.25, -0.2) is 4.39 Å². The first-order chi connectivity index (χ1) is 8.97. The Morgan fingerprint density at radius 3 is 2.53 bits per heavy atom. The summed E-state index contributed by atoms with van der Waals surface area (Å²) in [5.41, 5.74) is -0.688. The number of aliphatic carboxylic acids is 1. The molecule has 1 N–H and O–H groups in total. The molecule has 0 saturated heterocycles. The van der Waals surface area contributed by atoms with E-state index in [4.69, 9.17) is 5.11 Å². The van der Waals surface area contributed by atoms with Gasteiger partial charge in [-0.2, -0.15) is 0 Å². The maximum atomic E-state index is 13.4. The molecule has 1 aliphatic rings. The van der Waals surface area contributed by atoms with Gasteiger partial charge in [0.25, 0.3) is 0 Å². The fourth-order valence-electron chi connectivity index (χ4n) is 2.10. The summed E-state index contributed by atoms with van der Waals surface area (Å²) in [7, 11) is 1.56. The highest BCUT2D eigenvalue weighted by Gasteiger charge is 2.58. The normalized spacial score (nSPS) is 15.9. The van der Waals surface area contributed by atoms with Gasteiger partial charge in [0.2, 0.25) is 5.91 Å². The van der Waals surface area contributed by atoms with Crippen molar-refractivity contribution in [1.82, 2.24) is 4.90 Å². The van der Waals surface area contributed by atoms with E-state index >= 15 is 0 Å². The van der Waals surface area contributed by atoms with Crippen molar-refractivity contribution in [2.45, 2.75) is 19.3 Å². The predicted molar refractivity (Wildman–Crippen MR) is 67.0 cm³/mol. The standard InChI is InChI=1S/C14H16FNO3/c1-16(12(17)14(7-8-14)13(18)19)9-6-10-4-2-3-5-11(10)15/h2-5H,6-9H2,1H3,(H,18,19). The molecule has 0 aliphatic heterocycles. The van der Waals surface area contributed by atoms with E-state index in [1.54, 1.807) is 25.2 Å². The Labute approximate surface area is 110 Å². The van der Waals surface area contributed by atoms with Crippen molar-refractivity contribution in [1.29, 1.82) is 0 Å². The van der Waals surface area contributed by atoms with Crippen molar-refractivity contribution in [2.75, 3.05) is 13.6 Å². The van der Waals surface area contributed by atoms with Crippen LogP contribution >= 0.6 is 0 Å². The first-order valence-electron chi connectivity index (χ1n) is 6.20. The van der Waals surface area contributed by atoms with Crippen molar-refractivity contribution < 1.29 is 19.1 Å². The minimum Gasteiger partial charge on any atom is -0.480 e. The quantitative estimate of drug-likeness (QED) is 0.824. The topological polar surface area (TPSA) is 57.6 Å². The Morgan fingerprint density at radius 2 is 2.00 bits per heavy atom. The van der Waals surface area contributed by atoms with Crippen LogP contribution in [0.3, 0.4) is 0 Å². The second-order valence-electron chi connectivity index (χ2n) is 4.96. The molecule has 0 atom stereocenters. The van der Waals surface area contributed by atoms with Gasteiger partial charge in [0, 0.05) is 13.6 Å². The van der Waals surface area contributed by atoms with Gasteiger partial charge in [0.1, 0.15) is 11.2 Å². The van der Waals surface area contributed by atoms with E-state index in [0.29, 0.717) is 31.4 Å². The minimum atomic E-state index is -1.22. The summed E-state index contributed by atoms with van der Waals surface area (Å²) in [4.78, 5) is 24.5. The number of halogens is 1. The first-order valence-corrected chi connectivity index (χ1v) is 6.20. The van der Waals surface area contributed by atoms with Crippen molar-refractivity contribution in [3.05, 3.63) is 35.6 Å². The molecule has 5 heteroatoms. The molecule has 0 spiro atoms. The number of likely N-dealkylation sites (N-methyl/N-ethyl adjacent to an activating group) is 1. The molecule has 0 aromatic heterocycles. The third-order valence-electron chi connectivity index (χ3n) is 3.59. The zero-order valence-electron chi connectivity index (χ0n) is 10.7. The summed E-state index contributed by atoms with van der Waals surface area (Å²) < 4.78 is 13.4. The van der Waals surface area contributed by atoms with Crippen LogP contribution in [-0.2, 0) is 16.0 Å². The van der Waals surface area contributed by atoms with Crippen LogP contribution in [0.25, 0.3) is 0 Å². The summed E-state index contributed by atoms with van der Waals surface area (Å²) in [6.07, 6.45) is 1.17. The Kier molecular flexibility index (Phi) is 3.55. The number of nitrogens with zero attached hydrogens (tertiary/aromatic N) is 1. The summed E-state index contributed by atoms with van der Waals surface area (Å²) in [5, 5.41) is 9.04. The van der Waals surface area contributed by atoms with Crippen molar-refractivity contribution in [3.8, 4) is 0 Å². The van der Waals surface area contributed by atoms with Crippen molar-refractivity contribution in [2.24, 2.45) is 5.41 Å². The fourth-order valence-corrected chi connectivity index (χ4v) is 2.10. The van der Waals surface area contributed by atoms with Gasteiger partial charge in [-0.3, -0.25) is 9.59 Å². The van der Waals surface area contributed by atoms with E-state index in [9.17, 15) is 14.0 Å². The zero-order valence-corrected chi connectivity index (χ0v) is 10.7. The van der Waals surface area contributed by atoms with E-state index < -0.39 is 11.4 Å². The molecule has 1 aromatic rings. The van der Waals surface area contributed by atoms with Gasteiger partial charge < -0.3 is 10.0 Å². The molecule has 1 aromatic carbocycles. The molecule has 1 amide bonds. The van der Waals surface area contributed by atoms with Crippen LogP contribution in [0.2, 0.25) is 0 Å². The highest BCUT2D eigenvalue weighted by Crippen LogP contribution is 2.47. The largest absolute Gasteiger partial charge is 0.480 e. The summed E-state index contributed by atoms with van der Waals surface area (Å²) in [6.45, 7) is 0.314. The predicted octanol–water partition coefficient (Wildman–Crippen LogP) is 1.69. The van der Waals surface area contributed by atoms with Crippen LogP contribution in [0.15, 0.2) is 24.3 Å². The smallest absolute Gasteiger partial charge is 0.319 e. The Balaban J connectivity index is 1.95. The van der Waals surface area contributed by atoms with Crippen molar-refractivity contribution in [3.63, 3.8) is 0 Å². The van der Waals surface area contributed by atoms with E-state index in [-0.39, 0.29) is 11.7 Å². The highest BCUT2D eigenvalue weighted by atomic mass is 19.1. The SMILES string of the molecule is CN(CCc1ccccc1F)C(=O)C1(C(=O)O)CC1. The van der Waals surface area contributed by atoms with Crippen molar-refractivity contribution >= 4 is 11.9 Å². The molecular formula is C14H16FNO3. The number of carbonyl (C=O) groups is 2. The van der Waals surface area contributed by atoms with Crippen LogP contribution in [0, 0.1) is 11.2 Å². The summed E-state index contributed by atoms with van der Waals surface area (Å²) >= 11 is 0. The third kappa shape index (κ3) is 2.59. The lowest BCUT2D eigenvalue weighted by atomic mass is 10.1. The number of rotatable bonds is 5. The Bertz CT molecular complexity index is 511. The molecule has 0 heterocycles. The van der Waals surface area contributed by atoms with E-state index in [1.165, 1.54) is 11.0 Å². The third-order valence-corrected chi connectivity index (χ3v) is 3.59. The summed E-state index contributed by atoms with van der Waals surface area (Å²) in [6, 6.07) is 6.38. The van der Waals surface area contributed by atoms with E-state index in [2.05, 4.69) is 0 Å². The minimum absolute atomic E-state index is 0.303. The number of carboxylic acids is 1. The highest BCUT2D eigenvalue weighted by molar-refractivity contribution is 6.04. The molecule has 1 fully saturated rings. The van der Waals surface area contributed by atoms with Gasteiger partial charge >= 0.3 is 5.97 Å². The molecule has 0 bridgehead atoms. The fraction of sp³-hybridized carbons (Fsp3) is 0.429. The van der Waals surface area contributed by atoms with Crippen LogP contribution < -0.4 is 0 Å². The number of carboxylic acid groups (broad SMARTS) is 1. The van der Waals surface area contributed by atoms with Crippen LogP contribution in [0.4, 0.5) is 4.39 Å². The number of hydrogen-bond acceptors (Lipinski definition) is 2. The number of benzene rings is 1. The lowest BCUT2D eigenvalue weighted by Crippen LogP contribution is -2.39. The van der Waals surface area contributed by atoms with Crippen LogP contribution in [0.1, 0.15) is 18.4 Å². The molecule has 1 saturated carbocycles. The monoisotopic (exact) mass is 265 g/mol. The molecular weight excluding hydrogens is 249 g/mol. The zero-order chi connectivity index (χ0) is 14.0. The molecule has 102 valence electrons. The molecule has 4 nitrogen and oxygen atoms in total. The Hall–Kier alpha value is -1.91. The van der Waals surface area contributed by atoms with Gasteiger partial charge in [-0.1, -0.05) is 18.2 Å². The number of hydrogen-bond donors (Lipinski definition) is 1. The second kappa shape index (κ2) is 4.99. The van der Waals surface area contributed by atoms with E-state index in [0.717, 1.165) is 0 Å². The molecule has 2 rings (SSSR count). The molecule has 0 radical (unpaired) electrons. The number of amides is 1. The van der Waals surface area contributed by atoms with E-state index in [1.807, 2.05) is 0 Å². The lowest BCUT2D eigenvalue weighted by Gasteiger charge is -2.21. The first kappa shape index (κ1) is 13.5. The maximum Gasteiger partial charge on any atom is 0.319 e. The average molecular weight is 265 g/mol. The molecule has 19 heavy (non-hydrogen) atoms. The Morgan fingerprint density at radius 1 is 1.37 bits per heavy atom. The second-order valence-corrected chi connectivity index (χ2v) is 4.96. The van der Waals surface area contributed by atoms with Gasteiger partial charge in [-0.05, 0) is 30.9 Å². The lowest BCUT2D eigenvalue weighted by molar-refractivity contribution is -0.152. The van der Waals surface area contributed by atoms with Crippen LogP contribution in [0.5, 0.6) is 0 Å². The van der Waals surface area contributed by atoms with Gasteiger partial charge in [0.15, 0.2) is 0 Å². The average Bonchev–Trinajstić information content (AvgIpc) is 3.18. The van der Waals surface area contributed by atoms with Gasteiger partial charge in [-0.15, -0.1) is 0 Å². The number of carbonyl (C=O) groups excluding carboxylic acids is 1. The molecule has 0 unspecified atom stereocenters.